The van der Waals surface area contributed by atoms with Crippen LogP contribution < -0.4 is 10.6 Å². The molecule has 1 amide bonds. The highest BCUT2D eigenvalue weighted by Crippen LogP contribution is 2.31. The summed E-state index contributed by atoms with van der Waals surface area (Å²) >= 11 is 0. The normalized spacial score (nSPS) is 24.5. The van der Waals surface area contributed by atoms with E-state index in [2.05, 4.69) is 20.8 Å². The maximum Gasteiger partial charge on any atom is 0.242 e. The number of nitrogens with one attached hydrogen (secondary N) is 3. The van der Waals surface area contributed by atoms with Gasteiger partial charge in [0, 0.05) is 17.7 Å². The number of aromatic nitrogens is 2. The molecule has 1 atom stereocenters. The van der Waals surface area contributed by atoms with Crippen LogP contribution in [0.4, 0.5) is 5.82 Å². The van der Waals surface area contributed by atoms with Gasteiger partial charge in [-0.1, -0.05) is 25.7 Å². The zero-order valence-electron chi connectivity index (χ0n) is 12.0. The van der Waals surface area contributed by atoms with Gasteiger partial charge in [0.25, 0.3) is 0 Å². The number of hydrogen-bond donors (Lipinski definition) is 3. The number of H-pyrrole nitrogens is 1. The van der Waals surface area contributed by atoms with Crippen LogP contribution in [0.25, 0.3) is 0 Å². The summed E-state index contributed by atoms with van der Waals surface area (Å²) in [6, 6.07) is 1.97. The third kappa shape index (κ3) is 3.20. The van der Waals surface area contributed by atoms with E-state index in [0.29, 0.717) is 11.7 Å². The number of amides is 1. The lowest BCUT2D eigenvalue weighted by atomic mass is 9.97. The van der Waals surface area contributed by atoms with Crippen molar-refractivity contribution in [2.24, 2.45) is 0 Å². The fourth-order valence-corrected chi connectivity index (χ4v) is 3.32. The smallest absolute Gasteiger partial charge is 0.242 e. The lowest BCUT2D eigenvalue weighted by Crippen LogP contribution is -2.35. The average Bonchev–Trinajstić information content (AvgIpc) is 3.06. The summed E-state index contributed by atoms with van der Waals surface area (Å²) in [6.45, 7) is 0.936. The Morgan fingerprint density at radius 3 is 2.65 bits per heavy atom. The van der Waals surface area contributed by atoms with Crippen LogP contribution in [0.2, 0.25) is 0 Å². The van der Waals surface area contributed by atoms with E-state index in [1.165, 1.54) is 44.2 Å². The Hall–Kier alpha value is -1.36. The molecule has 2 aliphatic rings. The Labute approximate surface area is 119 Å². The fourth-order valence-electron chi connectivity index (χ4n) is 3.32. The molecule has 1 saturated carbocycles. The summed E-state index contributed by atoms with van der Waals surface area (Å²) < 4.78 is 0. The molecule has 1 aromatic heterocycles. The summed E-state index contributed by atoms with van der Waals surface area (Å²) in [7, 11) is 0. The molecule has 1 aliphatic heterocycles. The Bertz CT molecular complexity index is 442. The van der Waals surface area contributed by atoms with Gasteiger partial charge in [0.2, 0.25) is 5.91 Å². The van der Waals surface area contributed by atoms with Gasteiger partial charge in [-0.05, 0) is 32.2 Å². The van der Waals surface area contributed by atoms with Gasteiger partial charge < -0.3 is 10.6 Å². The summed E-state index contributed by atoms with van der Waals surface area (Å²) in [5, 5.41) is 13.5. The predicted molar refractivity (Wildman–Crippen MR) is 78.7 cm³/mol. The average molecular weight is 276 g/mol. The molecule has 0 radical (unpaired) electrons. The van der Waals surface area contributed by atoms with E-state index in [4.69, 9.17) is 0 Å². The third-order valence-electron chi connectivity index (χ3n) is 4.52. The molecular formula is C15H24N4O. The molecule has 3 rings (SSSR count). The Balaban J connectivity index is 1.59. The molecule has 1 aromatic rings. The Morgan fingerprint density at radius 2 is 1.95 bits per heavy atom. The molecule has 5 nitrogen and oxygen atoms in total. The second-order valence-corrected chi connectivity index (χ2v) is 6.04. The van der Waals surface area contributed by atoms with E-state index in [1.54, 1.807) is 0 Å². The molecule has 0 aromatic carbocycles. The van der Waals surface area contributed by atoms with E-state index in [-0.39, 0.29) is 11.9 Å². The molecule has 0 spiro atoms. The number of nitrogens with zero attached hydrogens (tertiary/aromatic N) is 1. The lowest BCUT2D eigenvalue weighted by molar-refractivity contribution is -0.117. The quantitative estimate of drug-likeness (QED) is 0.743. The van der Waals surface area contributed by atoms with E-state index < -0.39 is 0 Å². The molecule has 110 valence electrons. The highest BCUT2D eigenvalue weighted by atomic mass is 16.2. The van der Waals surface area contributed by atoms with Gasteiger partial charge in [0.1, 0.15) is 0 Å². The zero-order valence-corrected chi connectivity index (χ0v) is 12.0. The molecule has 1 aliphatic carbocycles. The summed E-state index contributed by atoms with van der Waals surface area (Å²) in [5.74, 6) is 1.30. The van der Waals surface area contributed by atoms with Crippen LogP contribution in [0, 0.1) is 0 Å². The van der Waals surface area contributed by atoms with Gasteiger partial charge in [-0.25, -0.2) is 0 Å². The topological polar surface area (TPSA) is 69.8 Å². The monoisotopic (exact) mass is 276 g/mol. The number of carbonyl (C=O) groups excluding carboxylic acids is 1. The second kappa shape index (κ2) is 6.39. The van der Waals surface area contributed by atoms with Crippen LogP contribution in [0.3, 0.4) is 0 Å². The summed E-state index contributed by atoms with van der Waals surface area (Å²) in [4.78, 5) is 12.0. The van der Waals surface area contributed by atoms with Crippen molar-refractivity contribution in [2.45, 2.75) is 63.3 Å². The summed E-state index contributed by atoms with van der Waals surface area (Å²) in [5.41, 5.74) is 1.18. The standard InChI is InChI=1S/C15H24N4O/c20-15(12-8-5-9-16-12)17-14-10-13(18-19-14)11-6-3-1-2-4-7-11/h10-12,16H,1-9H2,(H2,17,18,19,20). The number of carbonyl (C=O) groups is 1. The summed E-state index contributed by atoms with van der Waals surface area (Å²) in [6.07, 6.45) is 9.77. The number of rotatable bonds is 3. The third-order valence-corrected chi connectivity index (χ3v) is 4.52. The van der Waals surface area contributed by atoms with E-state index in [9.17, 15) is 4.79 Å². The fraction of sp³-hybridized carbons (Fsp3) is 0.733. The van der Waals surface area contributed by atoms with Crippen molar-refractivity contribution < 1.29 is 4.79 Å². The highest BCUT2D eigenvalue weighted by molar-refractivity contribution is 5.94. The van der Waals surface area contributed by atoms with Crippen LogP contribution >= 0.6 is 0 Å². The van der Waals surface area contributed by atoms with Crippen LogP contribution in [0.1, 0.15) is 63.0 Å². The maximum atomic E-state index is 12.0. The van der Waals surface area contributed by atoms with E-state index in [0.717, 1.165) is 19.4 Å². The first-order valence-corrected chi connectivity index (χ1v) is 7.92. The van der Waals surface area contributed by atoms with Crippen molar-refractivity contribution in [3.05, 3.63) is 11.8 Å². The Kier molecular flexibility index (Phi) is 4.35. The molecular weight excluding hydrogens is 252 g/mol. The first kappa shape index (κ1) is 13.6. The minimum atomic E-state index is -0.0481. The van der Waals surface area contributed by atoms with Gasteiger partial charge in [0.05, 0.1) is 6.04 Å². The predicted octanol–water partition coefficient (Wildman–Crippen LogP) is 2.54. The number of anilines is 1. The molecule has 1 unspecified atom stereocenters. The number of hydrogen-bond acceptors (Lipinski definition) is 3. The van der Waals surface area contributed by atoms with Crippen molar-refractivity contribution in [3.8, 4) is 0 Å². The minimum Gasteiger partial charge on any atom is -0.308 e. The van der Waals surface area contributed by atoms with Crippen LogP contribution in [-0.4, -0.2) is 28.7 Å². The SMILES string of the molecule is O=C(Nc1cc(C2CCCCCC2)[nH]n1)C1CCCN1. The molecule has 1 saturated heterocycles. The molecule has 5 heteroatoms. The maximum absolute atomic E-state index is 12.0. The van der Waals surface area contributed by atoms with Crippen molar-refractivity contribution in [1.82, 2.24) is 15.5 Å². The van der Waals surface area contributed by atoms with Crippen LogP contribution in [0.5, 0.6) is 0 Å². The first-order valence-electron chi connectivity index (χ1n) is 7.92. The molecule has 3 N–H and O–H groups in total. The minimum absolute atomic E-state index is 0.0430. The highest BCUT2D eigenvalue weighted by Gasteiger charge is 2.23. The van der Waals surface area contributed by atoms with E-state index >= 15 is 0 Å². The molecule has 20 heavy (non-hydrogen) atoms. The van der Waals surface area contributed by atoms with Crippen molar-refractivity contribution >= 4 is 11.7 Å². The van der Waals surface area contributed by atoms with Gasteiger partial charge >= 0.3 is 0 Å². The first-order chi connectivity index (χ1) is 9.83. The number of aromatic amines is 1. The van der Waals surface area contributed by atoms with Gasteiger partial charge in [-0.3, -0.25) is 9.89 Å². The van der Waals surface area contributed by atoms with Gasteiger partial charge in [-0.15, -0.1) is 0 Å². The van der Waals surface area contributed by atoms with Crippen molar-refractivity contribution in [1.29, 1.82) is 0 Å². The molecule has 2 heterocycles. The van der Waals surface area contributed by atoms with Crippen molar-refractivity contribution in [2.75, 3.05) is 11.9 Å². The molecule has 0 bridgehead atoms. The largest absolute Gasteiger partial charge is 0.308 e. The zero-order chi connectivity index (χ0) is 13.8. The van der Waals surface area contributed by atoms with Crippen molar-refractivity contribution in [3.63, 3.8) is 0 Å². The van der Waals surface area contributed by atoms with Crippen LogP contribution in [-0.2, 0) is 4.79 Å². The van der Waals surface area contributed by atoms with Crippen LogP contribution in [0.15, 0.2) is 6.07 Å². The molecule has 2 fully saturated rings. The van der Waals surface area contributed by atoms with E-state index in [1.807, 2.05) is 6.07 Å². The second-order valence-electron chi connectivity index (χ2n) is 6.04. The lowest BCUT2D eigenvalue weighted by Gasteiger charge is -2.10. The Morgan fingerprint density at radius 1 is 1.15 bits per heavy atom. The van der Waals surface area contributed by atoms with Gasteiger partial charge in [0.15, 0.2) is 5.82 Å². The van der Waals surface area contributed by atoms with Gasteiger partial charge in [-0.2, -0.15) is 5.10 Å².